The number of anilines is 1. The Hall–Kier alpha value is -2.83. The van der Waals surface area contributed by atoms with Crippen LogP contribution < -0.4 is 10.3 Å². The number of rotatable bonds is 4. The van der Waals surface area contributed by atoms with Crippen molar-refractivity contribution in [1.29, 1.82) is 0 Å². The van der Waals surface area contributed by atoms with Gasteiger partial charge in [-0.15, -0.1) is 0 Å². The van der Waals surface area contributed by atoms with E-state index in [0.29, 0.717) is 30.9 Å². The molecule has 4 nitrogen and oxygen atoms in total. The average Bonchev–Trinajstić information content (AvgIpc) is 2.98. The van der Waals surface area contributed by atoms with E-state index in [4.69, 9.17) is 0 Å². The number of alkyl halides is 3. The Morgan fingerprint density at radius 1 is 1.16 bits per heavy atom. The van der Waals surface area contributed by atoms with Crippen molar-refractivity contribution in [2.75, 3.05) is 11.6 Å². The van der Waals surface area contributed by atoms with Crippen LogP contribution in [-0.2, 0) is 17.4 Å². The van der Waals surface area contributed by atoms with E-state index in [9.17, 15) is 18.0 Å². The lowest BCUT2D eigenvalue weighted by Gasteiger charge is -2.17. The zero-order valence-electron chi connectivity index (χ0n) is 13.2. The van der Waals surface area contributed by atoms with Crippen molar-refractivity contribution in [3.63, 3.8) is 0 Å². The SMILES string of the molecule is O=CNC1=NN(c2cccc(C(F)(F)F)c2)CC1Cc1ccccc1. The van der Waals surface area contributed by atoms with Gasteiger partial charge in [-0.1, -0.05) is 36.4 Å². The molecule has 0 saturated heterocycles. The molecule has 1 unspecified atom stereocenters. The van der Waals surface area contributed by atoms with E-state index in [1.165, 1.54) is 11.1 Å². The number of halogens is 3. The lowest BCUT2D eigenvalue weighted by atomic mass is 9.98. The van der Waals surface area contributed by atoms with E-state index in [2.05, 4.69) is 10.4 Å². The van der Waals surface area contributed by atoms with E-state index >= 15 is 0 Å². The molecule has 1 aliphatic heterocycles. The van der Waals surface area contributed by atoms with Crippen LogP contribution in [0, 0.1) is 5.92 Å². The number of carbonyl (C=O) groups is 1. The minimum absolute atomic E-state index is 0.109. The minimum atomic E-state index is -4.41. The Morgan fingerprint density at radius 2 is 1.92 bits per heavy atom. The van der Waals surface area contributed by atoms with Crippen LogP contribution in [0.2, 0.25) is 0 Å². The largest absolute Gasteiger partial charge is 0.416 e. The molecule has 1 aliphatic rings. The molecule has 130 valence electrons. The summed E-state index contributed by atoms with van der Waals surface area (Å²) >= 11 is 0. The number of amidine groups is 1. The van der Waals surface area contributed by atoms with Crippen LogP contribution in [0.1, 0.15) is 11.1 Å². The molecule has 0 bridgehead atoms. The third kappa shape index (κ3) is 3.99. The van der Waals surface area contributed by atoms with Gasteiger partial charge in [0.1, 0.15) is 5.84 Å². The maximum atomic E-state index is 12.9. The number of hydrazone groups is 1. The fraction of sp³-hybridized carbons (Fsp3) is 0.222. The third-order valence-corrected chi connectivity index (χ3v) is 4.01. The highest BCUT2D eigenvalue weighted by atomic mass is 19.4. The van der Waals surface area contributed by atoms with Gasteiger partial charge >= 0.3 is 6.18 Å². The zero-order valence-corrected chi connectivity index (χ0v) is 13.2. The number of nitrogens with zero attached hydrogens (tertiary/aromatic N) is 2. The summed E-state index contributed by atoms with van der Waals surface area (Å²) in [6, 6.07) is 14.7. The Balaban J connectivity index is 1.83. The monoisotopic (exact) mass is 347 g/mol. The number of hydrogen-bond donors (Lipinski definition) is 1. The van der Waals surface area contributed by atoms with Crippen LogP contribution in [0.4, 0.5) is 18.9 Å². The van der Waals surface area contributed by atoms with Gasteiger partial charge in [0.05, 0.1) is 17.8 Å². The minimum Gasteiger partial charge on any atom is -0.315 e. The second kappa shape index (κ2) is 6.96. The van der Waals surface area contributed by atoms with Gasteiger partial charge < -0.3 is 5.32 Å². The summed E-state index contributed by atoms with van der Waals surface area (Å²) < 4.78 is 38.7. The first kappa shape index (κ1) is 17.0. The second-order valence-electron chi connectivity index (χ2n) is 5.76. The first-order valence-electron chi connectivity index (χ1n) is 7.75. The molecular weight excluding hydrogens is 331 g/mol. The van der Waals surface area contributed by atoms with Gasteiger partial charge in [0.25, 0.3) is 0 Å². The second-order valence-corrected chi connectivity index (χ2v) is 5.76. The maximum Gasteiger partial charge on any atom is 0.416 e. The van der Waals surface area contributed by atoms with Crippen LogP contribution in [0.15, 0.2) is 59.7 Å². The summed E-state index contributed by atoms with van der Waals surface area (Å²) in [6.07, 6.45) is -3.24. The van der Waals surface area contributed by atoms with E-state index < -0.39 is 11.7 Å². The summed E-state index contributed by atoms with van der Waals surface area (Å²) in [4.78, 5) is 10.8. The summed E-state index contributed by atoms with van der Waals surface area (Å²) in [5.74, 6) is 0.346. The molecule has 1 heterocycles. The molecule has 1 atom stereocenters. The van der Waals surface area contributed by atoms with Crippen molar-refractivity contribution in [2.45, 2.75) is 12.6 Å². The average molecular weight is 347 g/mol. The van der Waals surface area contributed by atoms with E-state index in [1.807, 2.05) is 30.3 Å². The predicted molar refractivity (Wildman–Crippen MR) is 89.1 cm³/mol. The van der Waals surface area contributed by atoms with Gasteiger partial charge in [-0.25, -0.2) is 0 Å². The molecule has 0 aromatic heterocycles. The number of amides is 1. The van der Waals surface area contributed by atoms with Crippen molar-refractivity contribution in [3.8, 4) is 0 Å². The van der Waals surface area contributed by atoms with Crippen molar-refractivity contribution < 1.29 is 18.0 Å². The number of nitrogens with one attached hydrogen (secondary N) is 1. The first-order valence-corrected chi connectivity index (χ1v) is 7.75. The predicted octanol–water partition coefficient (Wildman–Crippen LogP) is 3.44. The van der Waals surface area contributed by atoms with Crippen LogP contribution in [-0.4, -0.2) is 18.8 Å². The quantitative estimate of drug-likeness (QED) is 0.861. The Bertz CT molecular complexity index is 775. The molecule has 7 heteroatoms. The van der Waals surface area contributed by atoms with Gasteiger partial charge in [-0.3, -0.25) is 9.80 Å². The van der Waals surface area contributed by atoms with E-state index in [-0.39, 0.29) is 5.92 Å². The fourth-order valence-corrected chi connectivity index (χ4v) is 2.82. The molecule has 0 radical (unpaired) electrons. The van der Waals surface area contributed by atoms with Crippen LogP contribution in [0.3, 0.4) is 0 Å². The number of carbonyl (C=O) groups excluding carboxylic acids is 1. The molecule has 2 aromatic carbocycles. The van der Waals surface area contributed by atoms with Crippen molar-refractivity contribution in [1.82, 2.24) is 5.32 Å². The molecule has 3 rings (SSSR count). The normalized spacial score (nSPS) is 17.3. The summed E-state index contributed by atoms with van der Waals surface area (Å²) in [5, 5.41) is 8.35. The summed E-state index contributed by atoms with van der Waals surface area (Å²) in [7, 11) is 0. The van der Waals surface area contributed by atoms with Crippen LogP contribution >= 0.6 is 0 Å². The Labute approximate surface area is 143 Å². The van der Waals surface area contributed by atoms with Gasteiger partial charge in [0.15, 0.2) is 0 Å². The highest BCUT2D eigenvalue weighted by Gasteiger charge is 2.32. The van der Waals surface area contributed by atoms with Crippen molar-refractivity contribution >= 4 is 17.9 Å². The summed E-state index contributed by atoms with van der Waals surface area (Å²) in [5.41, 5.74) is 0.686. The maximum absolute atomic E-state index is 12.9. The molecule has 0 aliphatic carbocycles. The fourth-order valence-electron chi connectivity index (χ4n) is 2.82. The molecule has 2 aromatic rings. The first-order chi connectivity index (χ1) is 12.0. The highest BCUT2D eigenvalue weighted by Crippen LogP contribution is 2.33. The lowest BCUT2D eigenvalue weighted by molar-refractivity contribution is -0.137. The van der Waals surface area contributed by atoms with Crippen molar-refractivity contribution in [3.05, 3.63) is 65.7 Å². The molecule has 0 fully saturated rings. The van der Waals surface area contributed by atoms with Crippen LogP contribution in [0.5, 0.6) is 0 Å². The molecule has 0 saturated carbocycles. The van der Waals surface area contributed by atoms with Crippen molar-refractivity contribution in [2.24, 2.45) is 11.0 Å². The van der Waals surface area contributed by atoms with E-state index in [1.54, 1.807) is 6.07 Å². The third-order valence-electron chi connectivity index (χ3n) is 4.01. The highest BCUT2D eigenvalue weighted by molar-refractivity contribution is 5.95. The van der Waals surface area contributed by atoms with Crippen LogP contribution in [0.25, 0.3) is 0 Å². The zero-order chi connectivity index (χ0) is 17.9. The lowest BCUT2D eigenvalue weighted by Crippen LogP contribution is -2.30. The molecular formula is C18H16F3N3O. The van der Waals surface area contributed by atoms with Gasteiger partial charge in [-0.05, 0) is 30.2 Å². The van der Waals surface area contributed by atoms with Gasteiger partial charge in [0, 0.05) is 5.92 Å². The number of hydrogen-bond acceptors (Lipinski definition) is 3. The molecule has 1 amide bonds. The standard InChI is InChI=1S/C18H16F3N3O/c19-18(20,21)15-7-4-8-16(10-15)24-11-14(17(23-24)22-12-25)9-13-5-2-1-3-6-13/h1-8,10,12,14H,9,11H2,(H,22,23,25). The van der Waals surface area contributed by atoms with Gasteiger partial charge in [-0.2, -0.15) is 18.3 Å². The molecule has 0 spiro atoms. The van der Waals surface area contributed by atoms with Gasteiger partial charge in [0.2, 0.25) is 6.41 Å². The topological polar surface area (TPSA) is 44.7 Å². The molecule has 25 heavy (non-hydrogen) atoms. The Morgan fingerprint density at radius 3 is 2.60 bits per heavy atom. The smallest absolute Gasteiger partial charge is 0.315 e. The summed E-state index contributed by atoms with van der Waals surface area (Å²) in [6.45, 7) is 0.395. The number of benzene rings is 2. The van der Waals surface area contributed by atoms with E-state index in [0.717, 1.165) is 17.7 Å². The Kier molecular flexibility index (Phi) is 4.74. The molecule has 1 N–H and O–H groups in total.